The number of carbonyl (C=O) groups is 1. The summed E-state index contributed by atoms with van der Waals surface area (Å²) in [6.45, 7) is 0.558. The van der Waals surface area contributed by atoms with Gasteiger partial charge in [-0.25, -0.2) is 4.79 Å². The third-order valence-electron chi connectivity index (χ3n) is 3.75. The molecule has 0 fully saturated rings. The van der Waals surface area contributed by atoms with Crippen molar-refractivity contribution in [3.63, 3.8) is 0 Å². The lowest BCUT2D eigenvalue weighted by Crippen LogP contribution is -2.06. The van der Waals surface area contributed by atoms with Gasteiger partial charge < -0.3 is 20.1 Å². The van der Waals surface area contributed by atoms with Gasteiger partial charge in [0.15, 0.2) is 5.82 Å². The van der Waals surface area contributed by atoms with Gasteiger partial charge in [0.25, 0.3) is 0 Å². The lowest BCUT2D eigenvalue weighted by Gasteiger charge is -2.08. The number of rotatable bonds is 7. The highest BCUT2D eigenvalue weighted by Gasteiger charge is 2.06. The standard InChI is InChI=1S/C19H19N5O3/c1-26-16-9-3-13(4-10-16)11-20-19-23-17(12-21-24-19)22-15-7-5-14(6-8-15)18(25)27-2/h3-10,12H,11H2,1-2H3,(H2,20,22,23,24). The van der Waals surface area contributed by atoms with Gasteiger partial charge in [0.2, 0.25) is 5.95 Å². The molecule has 0 amide bonds. The van der Waals surface area contributed by atoms with Gasteiger partial charge in [0, 0.05) is 12.2 Å². The second-order valence-electron chi connectivity index (χ2n) is 5.56. The number of nitrogens with one attached hydrogen (secondary N) is 2. The SMILES string of the molecule is COC(=O)c1ccc(Nc2cnnc(NCc3ccc(OC)cc3)n2)cc1. The Kier molecular flexibility index (Phi) is 5.78. The third kappa shape index (κ3) is 4.91. The molecule has 8 heteroatoms. The van der Waals surface area contributed by atoms with Crippen LogP contribution < -0.4 is 15.4 Å². The van der Waals surface area contributed by atoms with Crippen molar-refractivity contribution in [1.82, 2.24) is 15.2 Å². The quantitative estimate of drug-likeness (QED) is 0.617. The Morgan fingerprint density at radius 3 is 2.44 bits per heavy atom. The summed E-state index contributed by atoms with van der Waals surface area (Å²) in [5.74, 6) is 1.37. The fourth-order valence-electron chi connectivity index (χ4n) is 2.32. The number of anilines is 3. The first-order valence-corrected chi connectivity index (χ1v) is 8.20. The monoisotopic (exact) mass is 365 g/mol. The summed E-state index contributed by atoms with van der Waals surface area (Å²) in [7, 11) is 2.98. The van der Waals surface area contributed by atoms with E-state index < -0.39 is 0 Å². The molecular formula is C19H19N5O3. The number of aromatic nitrogens is 3. The Hall–Kier alpha value is -3.68. The average Bonchev–Trinajstić information content (AvgIpc) is 2.73. The van der Waals surface area contributed by atoms with Gasteiger partial charge in [0.1, 0.15) is 5.75 Å². The molecule has 0 spiro atoms. The minimum absolute atomic E-state index is 0.379. The van der Waals surface area contributed by atoms with E-state index in [0.717, 1.165) is 17.0 Å². The normalized spacial score (nSPS) is 10.1. The second kappa shape index (κ2) is 8.61. The molecule has 0 radical (unpaired) electrons. The summed E-state index contributed by atoms with van der Waals surface area (Å²) in [6, 6.07) is 14.6. The fraction of sp³-hybridized carbons (Fsp3) is 0.158. The van der Waals surface area contributed by atoms with E-state index in [1.807, 2.05) is 24.3 Å². The number of hydrogen-bond acceptors (Lipinski definition) is 8. The van der Waals surface area contributed by atoms with Crippen molar-refractivity contribution in [2.75, 3.05) is 24.9 Å². The summed E-state index contributed by atoms with van der Waals surface area (Å²) < 4.78 is 9.82. The fourth-order valence-corrected chi connectivity index (χ4v) is 2.32. The first-order chi connectivity index (χ1) is 13.2. The molecule has 1 aromatic heterocycles. The van der Waals surface area contributed by atoms with Crippen molar-refractivity contribution in [2.24, 2.45) is 0 Å². The van der Waals surface area contributed by atoms with Gasteiger partial charge in [-0.05, 0) is 42.0 Å². The summed E-state index contributed by atoms with van der Waals surface area (Å²) in [4.78, 5) is 15.8. The number of hydrogen-bond donors (Lipinski definition) is 2. The van der Waals surface area contributed by atoms with Gasteiger partial charge in [-0.1, -0.05) is 12.1 Å². The molecule has 0 saturated carbocycles. The van der Waals surface area contributed by atoms with Crippen molar-refractivity contribution < 1.29 is 14.3 Å². The van der Waals surface area contributed by atoms with Crippen molar-refractivity contribution in [3.05, 3.63) is 65.9 Å². The van der Waals surface area contributed by atoms with Crippen LogP contribution in [0.15, 0.2) is 54.7 Å². The molecule has 0 saturated heterocycles. The minimum atomic E-state index is -0.379. The lowest BCUT2D eigenvalue weighted by atomic mass is 10.2. The molecule has 2 N–H and O–H groups in total. The molecule has 0 aliphatic heterocycles. The number of carbonyl (C=O) groups excluding carboxylic acids is 1. The Bertz CT molecular complexity index is 898. The van der Waals surface area contributed by atoms with Crippen molar-refractivity contribution >= 4 is 23.4 Å². The number of methoxy groups -OCH3 is 2. The molecule has 3 aromatic rings. The van der Waals surface area contributed by atoms with Gasteiger partial charge >= 0.3 is 5.97 Å². The predicted octanol–water partition coefficient (Wildman–Crippen LogP) is 3.02. The Balaban J connectivity index is 1.61. The molecule has 2 aromatic carbocycles. The van der Waals surface area contributed by atoms with Crippen molar-refractivity contribution in [1.29, 1.82) is 0 Å². The molecule has 8 nitrogen and oxygen atoms in total. The van der Waals surface area contributed by atoms with Crippen LogP contribution in [0, 0.1) is 0 Å². The van der Waals surface area contributed by atoms with Crippen LogP contribution >= 0.6 is 0 Å². The molecule has 0 aliphatic carbocycles. The molecular weight excluding hydrogens is 346 g/mol. The summed E-state index contributed by atoms with van der Waals surface area (Å²) in [6.07, 6.45) is 1.52. The van der Waals surface area contributed by atoms with Crippen LogP contribution in [0.5, 0.6) is 5.75 Å². The number of benzene rings is 2. The van der Waals surface area contributed by atoms with Crippen LogP contribution in [0.3, 0.4) is 0 Å². The average molecular weight is 365 g/mol. The van der Waals surface area contributed by atoms with Gasteiger partial charge in [-0.15, -0.1) is 5.10 Å². The van der Waals surface area contributed by atoms with Crippen LogP contribution in [0.1, 0.15) is 15.9 Å². The highest BCUT2D eigenvalue weighted by Crippen LogP contribution is 2.16. The number of ether oxygens (including phenoxy) is 2. The van der Waals surface area contributed by atoms with E-state index in [0.29, 0.717) is 23.9 Å². The van der Waals surface area contributed by atoms with E-state index in [9.17, 15) is 4.79 Å². The van der Waals surface area contributed by atoms with E-state index >= 15 is 0 Å². The minimum Gasteiger partial charge on any atom is -0.497 e. The van der Waals surface area contributed by atoms with Crippen LogP contribution in [-0.4, -0.2) is 35.4 Å². The molecule has 138 valence electrons. The van der Waals surface area contributed by atoms with E-state index in [2.05, 4.69) is 30.6 Å². The zero-order valence-electron chi connectivity index (χ0n) is 15.0. The van der Waals surface area contributed by atoms with E-state index in [1.165, 1.54) is 13.3 Å². The molecule has 0 aliphatic rings. The number of esters is 1. The largest absolute Gasteiger partial charge is 0.497 e. The molecule has 0 atom stereocenters. The lowest BCUT2D eigenvalue weighted by molar-refractivity contribution is 0.0601. The summed E-state index contributed by atoms with van der Waals surface area (Å²) >= 11 is 0. The first kappa shape index (κ1) is 18.1. The highest BCUT2D eigenvalue weighted by atomic mass is 16.5. The number of nitrogens with zero attached hydrogens (tertiary/aromatic N) is 3. The maximum Gasteiger partial charge on any atom is 0.337 e. The van der Waals surface area contributed by atoms with E-state index in [-0.39, 0.29) is 5.97 Å². The van der Waals surface area contributed by atoms with E-state index in [1.54, 1.807) is 31.4 Å². The first-order valence-electron chi connectivity index (χ1n) is 8.20. The Morgan fingerprint density at radius 1 is 1.04 bits per heavy atom. The van der Waals surface area contributed by atoms with Crippen LogP contribution in [0.25, 0.3) is 0 Å². The summed E-state index contributed by atoms with van der Waals surface area (Å²) in [5, 5.41) is 14.2. The zero-order valence-corrected chi connectivity index (χ0v) is 15.0. The second-order valence-corrected chi connectivity index (χ2v) is 5.56. The summed E-state index contributed by atoms with van der Waals surface area (Å²) in [5.41, 5.74) is 2.31. The van der Waals surface area contributed by atoms with Crippen LogP contribution in [0.4, 0.5) is 17.5 Å². The Morgan fingerprint density at radius 2 is 1.78 bits per heavy atom. The molecule has 0 unspecified atom stereocenters. The van der Waals surface area contributed by atoms with Gasteiger partial charge in [-0.3, -0.25) is 0 Å². The molecule has 0 bridgehead atoms. The topological polar surface area (TPSA) is 98.3 Å². The van der Waals surface area contributed by atoms with Gasteiger partial charge in [0.05, 0.1) is 26.0 Å². The molecule has 27 heavy (non-hydrogen) atoms. The van der Waals surface area contributed by atoms with Crippen molar-refractivity contribution in [2.45, 2.75) is 6.54 Å². The molecule has 3 rings (SSSR count). The maximum absolute atomic E-state index is 11.5. The molecule has 1 heterocycles. The Labute approximate surface area is 156 Å². The van der Waals surface area contributed by atoms with Gasteiger partial charge in [-0.2, -0.15) is 10.1 Å². The van der Waals surface area contributed by atoms with E-state index in [4.69, 9.17) is 4.74 Å². The van der Waals surface area contributed by atoms with Crippen LogP contribution in [0.2, 0.25) is 0 Å². The predicted molar refractivity (Wildman–Crippen MR) is 101 cm³/mol. The maximum atomic E-state index is 11.5. The third-order valence-corrected chi connectivity index (χ3v) is 3.75. The zero-order chi connectivity index (χ0) is 19.1. The highest BCUT2D eigenvalue weighted by molar-refractivity contribution is 5.89. The smallest absolute Gasteiger partial charge is 0.337 e. The van der Waals surface area contributed by atoms with Crippen molar-refractivity contribution in [3.8, 4) is 5.75 Å². The van der Waals surface area contributed by atoms with Crippen LogP contribution in [-0.2, 0) is 11.3 Å².